The van der Waals surface area contributed by atoms with E-state index in [9.17, 15) is 24.3 Å². The molecule has 298 valence electrons. The van der Waals surface area contributed by atoms with E-state index >= 15 is 0 Å². The standard InChI is InChI=1S/C48H51N5O5/c54-38-11-13-40-33(25-38)8-12-39(31-4-2-1-3-5-31)45(40)32-6-9-37(10-7-32)51-22-18-48(19-23-51)16-20-50(21-17-48)30-44(56)52-27-34-24-36-29-53(42-14-15-43(55)49-46(42)57)47(58)41(36)26-35(34)28-52/h1-7,9-11,13,24-26,39,42,45,54H,8,12,14-23,27-30H2,(H,49,55,57)/t39-,42?,45+/m1/s1. The highest BCUT2D eigenvalue weighted by molar-refractivity contribution is 6.05. The molecule has 6 aliphatic rings. The maximum atomic E-state index is 13.6. The number of fused-ring (bicyclic) bond motifs is 3. The maximum Gasteiger partial charge on any atom is 0.255 e. The molecule has 4 amide bonds. The Balaban J connectivity index is 0.725. The second-order valence-electron chi connectivity index (χ2n) is 17.7. The number of anilines is 1. The summed E-state index contributed by atoms with van der Waals surface area (Å²) in [6.45, 7) is 5.75. The molecule has 5 heterocycles. The number of phenolic OH excluding ortho intramolecular Hbond substituents is 1. The molecule has 10 nitrogen and oxygen atoms in total. The molecule has 0 radical (unpaired) electrons. The van der Waals surface area contributed by atoms with Gasteiger partial charge in [-0.1, -0.05) is 54.6 Å². The van der Waals surface area contributed by atoms with Crippen molar-refractivity contribution in [3.8, 4) is 5.75 Å². The number of amides is 4. The Kier molecular flexibility index (Phi) is 9.35. The molecule has 3 fully saturated rings. The van der Waals surface area contributed by atoms with Gasteiger partial charge in [0.25, 0.3) is 5.91 Å². The molecule has 5 aliphatic heterocycles. The van der Waals surface area contributed by atoms with E-state index in [0.717, 1.165) is 81.4 Å². The van der Waals surface area contributed by atoms with Gasteiger partial charge < -0.3 is 19.8 Å². The van der Waals surface area contributed by atoms with Crippen molar-refractivity contribution in [2.24, 2.45) is 5.41 Å². The van der Waals surface area contributed by atoms with Gasteiger partial charge in [0.15, 0.2) is 0 Å². The molecule has 4 aromatic carbocycles. The van der Waals surface area contributed by atoms with Crippen LogP contribution < -0.4 is 10.2 Å². The van der Waals surface area contributed by atoms with Crippen LogP contribution >= 0.6 is 0 Å². The van der Waals surface area contributed by atoms with Crippen LogP contribution in [0.4, 0.5) is 5.69 Å². The summed E-state index contributed by atoms with van der Waals surface area (Å²) in [6, 6.07) is 29.4. The number of hydrogen-bond acceptors (Lipinski definition) is 7. The SMILES string of the molecule is O=C1CCC(N2Cc3cc4c(cc3C2=O)CN(C(=O)CN2CCC3(CC2)CCN(c2ccc([C@@H]5c6ccc(O)cc6CC[C@@H]5c5ccccc5)cc2)CC3)C4)C(=O)N1. The van der Waals surface area contributed by atoms with E-state index in [1.54, 1.807) is 4.90 Å². The van der Waals surface area contributed by atoms with Gasteiger partial charge in [0, 0.05) is 56.3 Å². The quantitative estimate of drug-likeness (QED) is 0.223. The molecule has 10 rings (SSSR count). The van der Waals surface area contributed by atoms with Crippen LogP contribution in [0.2, 0.25) is 0 Å². The van der Waals surface area contributed by atoms with Crippen molar-refractivity contribution >= 4 is 29.3 Å². The molecule has 4 aromatic rings. The molecule has 0 saturated carbocycles. The number of benzene rings is 4. The van der Waals surface area contributed by atoms with Crippen LogP contribution in [0, 0.1) is 5.41 Å². The second-order valence-corrected chi connectivity index (χ2v) is 17.7. The van der Waals surface area contributed by atoms with E-state index in [1.165, 1.54) is 27.9 Å². The zero-order chi connectivity index (χ0) is 39.5. The fourth-order valence-corrected chi connectivity index (χ4v) is 11.0. The Morgan fingerprint density at radius 3 is 2.19 bits per heavy atom. The Morgan fingerprint density at radius 1 is 0.724 bits per heavy atom. The van der Waals surface area contributed by atoms with Gasteiger partial charge in [-0.2, -0.15) is 0 Å². The minimum absolute atomic E-state index is 0.132. The maximum absolute atomic E-state index is 13.6. The Morgan fingerprint density at radius 2 is 1.45 bits per heavy atom. The summed E-state index contributed by atoms with van der Waals surface area (Å²) in [5.41, 5.74) is 10.5. The first-order valence-electron chi connectivity index (χ1n) is 21.2. The van der Waals surface area contributed by atoms with Crippen molar-refractivity contribution in [1.29, 1.82) is 0 Å². The predicted octanol–water partition coefficient (Wildman–Crippen LogP) is 6.24. The van der Waals surface area contributed by atoms with E-state index in [2.05, 4.69) is 75.8 Å². The summed E-state index contributed by atoms with van der Waals surface area (Å²) in [5, 5.41) is 12.6. The lowest BCUT2D eigenvalue weighted by Gasteiger charge is -2.47. The zero-order valence-corrected chi connectivity index (χ0v) is 33.0. The number of carbonyl (C=O) groups excluding carboxylic acids is 4. The molecular formula is C48H51N5O5. The van der Waals surface area contributed by atoms with Gasteiger partial charge in [-0.3, -0.25) is 29.4 Å². The third-order valence-electron chi connectivity index (χ3n) is 14.5. The molecule has 3 saturated heterocycles. The molecule has 2 N–H and O–H groups in total. The van der Waals surface area contributed by atoms with E-state index in [1.807, 2.05) is 29.2 Å². The number of nitrogens with one attached hydrogen (secondary N) is 1. The van der Waals surface area contributed by atoms with Crippen molar-refractivity contribution in [1.82, 2.24) is 20.0 Å². The Bertz CT molecular complexity index is 2270. The van der Waals surface area contributed by atoms with Crippen LogP contribution in [-0.4, -0.2) is 82.2 Å². The normalized spacial score (nSPS) is 24.1. The fraction of sp³-hybridized carbons (Fsp3) is 0.417. The minimum atomic E-state index is -0.627. The summed E-state index contributed by atoms with van der Waals surface area (Å²) in [4.78, 5) is 59.4. The van der Waals surface area contributed by atoms with Gasteiger partial charge in [-0.15, -0.1) is 0 Å². The molecule has 1 aliphatic carbocycles. The van der Waals surface area contributed by atoms with Gasteiger partial charge in [0.1, 0.15) is 11.8 Å². The Hall–Kier alpha value is -5.48. The van der Waals surface area contributed by atoms with Crippen LogP contribution in [0.25, 0.3) is 0 Å². The first kappa shape index (κ1) is 36.8. The van der Waals surface area contributed by atoms with Crippen molar-refractivity contribution in [2.45, 2.75) is 88.9 Å². The zero-order valence-electron chi connectivity index (χ0n) is 33.0. The van der Waals surface area contributed by atoms with Crippen molar-refractivity contribution in [3.63, 3.8) is 0 Å². The summed E-state index contributed by atoms with van der Waals surface area (Å²) in [7, 11) is 0. The minimum Gasteiger partial charge on any atom is -0.508 e. The average Bonchev–Trinajstić information content (AvgIpc) is 3.81. The summed E-state index contributed by atoms with van der Waals surface area (Å²) < 4.78 is 0. The number of rotatable bonds is 6. The lowest BCUT2D eigenvalue weighted by atomic mass is 9.69. The topological polar surface area (TPSA) is 114 Å². The molecule has 58 heavy (non-hydrogen) atoms. The number of aryl methyl sites for hydroxylation is 1. The van der Waals surface area contributed by atoms with E-state index in [0.29, 0.717) is 55.2 Å². The van der Waals surface area contributed by atoms with Crippen LogP contribution in [-0.2, 0) is 40.4 Å². The highest BCUT2D eigenvalue weighted by Crippen LogP contribution is 2.48. The van der Waals surface area contributed by atoms with Gasteiger partial charge in [0.2, 0.25) is 17.7 Å². The first-order chi connectivity index (χ1) is 28.2. The predicted molar refractivity (Wildman–Crippen MR) is 220 cm³/mol. The number of nitrogens with zero attached hydrogens (tertiary/aromatic N) is 4. The van der Waals surface area contributed by atoms with Gasteiger partial charge in [0.05, 0.1) is 6.54 Å². The number of aromatic hydroxyl groups is 1. The number of likely N-dealkylation sites (tertiary alicyclic amines) is 1. The monoisotopic (exact) mass is 777 g/mol. The van der Waals surface area contributed by atoms with Crippen molar-refractivity contribution in [2.75, 3.05) is 37.6 Å². The number of imide groups is 1. The third kappa shape index (κ3) is 6.75. The lowest BCUT2D eigenvalue weighted by Crippen LogP contribution is -2.52. The molecule has 3 atom stereocenters. The van der Waals surface area contributed by atoms with Gasteiger partial charge >= 0.3 is 0 Å². The third-order valence-corrected chi connectivity index (χ3v) is 14.5. The fourth-order valence-electron chi connectivity index (χ4n) is 11.0. The number of phenols is 1. The highest BCUT2D eigenvalue weighted by atomic mass is 16.3. The Labute approximate surface area is 339 Å². The highest BCUT2D eigenvalue weighted by Gasteiger charge is 2.42. The summed E-state index contributed by atoms with van der Waals surface area (Å²) in [5.74, 6) is 0.239. The van der Waals surface area contributed by atoms with Crippen LogP contribution in [0.3, 0.4) is 0 Å². The lowest BCUT2D eigenvalue weighted by molar-refractivity contribution is -0.137. The summed E-state index contributed by atoms with van der Waals surface area (Å²) in [6.07, 6.45) is 7.16. The van der Waals surface area contributed by atoms with E-state index in [-0.39, 0.29) is 30.1 Å². The second kappa shape index (κ2) is 14.7. The number of carbonyl (C=O) groups is 4. The molecule has 0 bridgehead atoms. The van der Waals surface area contributed by atoms with Crippen molar-refractivity contribution in [3.05, 3.63) is 129 Å². The van der Waals surface area contributed by atoms with Gasteiger partial charge in [-0.05, 0) is 139 Å². The molecule has 1 spiro atoms. The van der Waals surface area contributed by atoms with Crippen molar-refractivity contribution < 1.29 is 24.3 Å². The van der Waals surface area contributed by atoms with E-state index in [4.69, 9.17) is 0 Å². The number of hydrogen-bond donors (Lipinski definition) is 2. The first-order valence-corrected chi connectivity index (χ1v) is 21.2. The summed E-state index contributed by atoms with van der Waals surface area (Å²) >= 11 is 0. The molecule has 1 unspecified atom stereocenters. The molecule has 10 heteroatoms. The van der Waals surface area contributed by atoms with Crippen LogP contribution in [0.5, 0.6) is 5.75 Å². The molecule has 0 aromatic heterocycles. The van der Waals surface area contributed by atoms with Crippen LogP contribution in [0.1, 0.15) is 106 Å². The van der Waals surface area contributed by atoms with Crippen LogP contribution in [0.15, 0.2) is 84.9 Å². The van der Waals surface area contributed by atoms with E-state index < -0.39 is 11.9 Å². The van der Waals surface area contributed by atoms with Gasteiger partial charge in [-0.25, -0.2) is 0 Å². The smallest absolute Gasteiger partial charge is 0.255 e. The molecular weight excluding hydrogens is 727 g/mol. The largest absolute Gasteiger partial charge is 0.508 e. The average molecular weight is 778 g/mol. The number of piperidine rings is 3.